The molecule has 0 aliphatic heterocycles. The Kier molecular flexibility index (Phi) is 7.97. The van der Waals surface area contributed by atoms with Gasteiger partial charge in [-0.3, -0.25) is 14.3 Å². The lowest BCUT2D eigenvalue weighted by atomic mass is 10.2. The van der Waals surface area contributed by atoms with E-state index in [9.17, 15) is 9.59 Å². The average molecular weight is 547 g/mol. The predicted octanol–water partition coefficient (Wildman–Crippen LogP) is 4.55. The van der Waals surface area contributed by atoms with Crippen LogP contribution < -0.4 is 21.5 Å². The molecule has 0 radical (unpaired) electrons. The van der Waals surface area contributed by atoms with Gasteiger partial charge in [-0.05, 0) is 49.5 Å². The molecule has 1 heterocycles. The van der Waals surface area contributed by atoms with E-state index in [-0.39, 0.29) is 21.9 Å². The van der Waals surface area contributed by atoms with E-state index in [1.54, 1.807) is 36.9 Å². The summed E-state index contributed by atoms with van der Waals surface area (Å²) in [5, 5.41) is 8.52. The molecule has 1 aromatic heterocycles. The monoisotopic (exact) mass is 545 g/mol. The molecule has 0 aliphatic rings. The van der Waals surface area contributed by atoms with Crippen LogP contribution in [0.3, 0.4) is 0 Å². The van der Waals surface area contributed by atoms with Gasteiger partial charge in [0.15, 0.2) is 5.11 Å². The first kappa shape index (κ1) is 25.4. The SMILES string of the molecule is Cc1c(NC(=S)N[C@@H](NC(=O)c2cccc(Cl)c2)C(Cl)(Cl)Cl)c(=O)n(-c2ccccc2)n1C. The van der Waals surface area contributed by atoms with E-state index in [1.165, 1.54) is 10.7 Å². The number of nitrogens with zero attached hydrogens (tertiary/aromatic N) is 2. The van der Waals surface area contributed by atoms with Crippen LogP contribution in [0.5, 0.6) is 0 Å². The number of alkyl halides is 3. The molecule has 0 fully saturated rings. The number of anilines is 1. The van der Waals surface area contributed by atoms with Crippen molar-refractivity contribution in [1.82, 2.24) is 20.0 Å². The molecule has 174 valence electrons. The van der Waals surface area contributed by atoms with Gasteiger partial charge in [-0.2, -0.15) is 0 Å². The number of nitrogens with one attached hydrogen (secondary N) is 3. The lowest BCUT2D eigenvalue weighted by Crippen LogP contribution is -2.56. The Labute approximate surface area is 215 Å². The van der Waals surface area contributed by atoms with Crippen molar-refractivity contribution in [2.24, 2.45) is 7.05 Å². The van der Waals surface area contributed by atoms with Gasteiger partial charge in [0, 0.05) is 17.6 Å². The molecule has 0 aliphatic carbocycles. The van der Waals surface area contributed by atoms with Crippen LogP contribution in [-0.2, 0) is 7.05 Å². The Bertz CT molecular complexity index is 1240. The van der Waals surface area contributed by atoms with Gasteiger partial charge in [-0.25, -0.2) is 4.68 Å². The Morgan fingerprint density at radius 2 is 1.73 bits per heavy atom. The molecule has 3 aromatic rings. The van der Waals surface area contributed by atoms with Gasteiger partial charge in [0.25, 0.3) is 11.5 Å². The van der Waals surface area contributed by atoms with E-state index in [0.717, 1.165) is 0 Å². The van der Waals surface area contributed by atoms with Gasteiger partial charge in [0.2, 0.25) is 3.79 Å². The molecule has 1 atom stereocenters. The quantitative estimate of drug-likeness (QED) is 0.248. The number of thiocarbonyl (C=S) groups is 1. The largest absolute Gasteiger partial charge is 0.339 e. The maximum atomic E-state index is 13.1. The number of amides is 1. The van der Waals surface area contributed by atoms with Crippen molar-refractivity contribution in [3.05, 3.63) is 81.2 Å². The summed E-state index contributed by atoms with van der Waals surface area (Å²) < 4.78 is 1.22. The van der Waals surface area contributed by atoms with Gasteiger partial charge in [0.05, 0.1) is 11.4 Å². The predicted molar refractivity (Wildman–Crippen MR) is 138 cm³/mol. The average Bonchev–Trinajstić information content (AvgIpc) is 2.96. The summed E-state index contributed by atoms with van der Waals surface area (Å²) >= 11 is 29.4. The number of carbonyl (C=O) groups is 1. The molecule has 12 heteroatoms. The molecular weight excluding hydrogens is 528 g/mol. The number of para-hydroxylation sites is 1. The first-order chi connectivity index (χ1) is 15.5. The number of hydrogen-bond donors (Lipinski definition) is 3. The van der Waals surface area contributed by atoms with E-state index in [4.69, 9.17) is 58.6 Å². The number of carbonyl (C=O) groups excluding carboxylic acids is 1. The normalized spacial score (nSPS) is 12.2. The minimum Gasteiger partial charge on any atom is -0.339 e. The second-order valence-corrected chi connectivity index (χ2v) is 10.2. The molecule has 0 bridgehead atoms. The summed E-state index contributed by atoms with van der Waals surface area (Å²) in [5.74, 6) is -0.536. The van der Waals surface area contributed by atoms with Crippen molar-refractivity contribution < 1.29 is 4.79 Å². The molecular formula is C21H19Cl4N5O2S. The van der Waals surface area contributed by atoms with Crippen molar-refractivity contribution in [2.45, 2.75) is 16.9 Å². The van der Waals surface area contributed by atoms with Crippen LogP contribution in [0.4, 0.5) is 5.69 Å². The van der Waals surface area contributed by atoms with Crippen molar-refractivity contribution in [1.29, 1.82) is 0 Å². The first-order valence-corrected chi connectivity index (χ1v) is 11.5. The molecule has 7 nitrogen and oxygen atoms in total. The highest BCUT2D eigenvalue weighted by atomic mass is 35.6. The van der Waals surface area contributed by atoms with E-state index < -0.39 is 15.9 Å². The third-order valence-corrected chi connectivity index (χ3v) is 5.87. The molecule has 0 saturated carbocycles. The molecule has 0 unspecified atom stereocenters. The van der Waals surface area contributed by atoms with Crippen LogP contribution >= 0.6 is 58.6 Å². The van der Waals surface area contributed by atoms with Gasteiger partial charge >= 0.3 is 0 Å². The lowest BCUT2D eigenvalue weighted by molar-refractivity contribution is 0.0934. The molecule has 2 aromatic carbocycles. The van der Waals surface area contributed by atoms with Crippen LogP contribution in [0.2, 0.25) is 5.02 Å². The minimum absolute atomic E-state index is 0.0243. The highest BCUT2D eigenvalue weighted by Gasteiger charge is 2.35. The number of hydrogen-bond acceptors (Lipinski definition) is 3. The van der Waals surface area contributed by atoms with E-state index >= 15 is 0 Å². The van der Waals surface area contributed by atoms with Crippen molar-refractivity contribution in [3.63, 3.8) is 0 Å². The maximum Gasteiger partial charge on any atom is 0.295 e. The number of aromatic nitrogens is 2. The zero-order valence-electron chi connectivity index (χ0n) is 17.4. The molecule has 0 spiro atoms. The minimum atomic E-state index is -1.96. The van der Waals surface area contributed by atoms with E-state index in [2.05, 4.69) is 16.0 Å². The van der Waals surface area contributed by atoms with Crippen molar-refractivity contribution >= 4 is 75.3 Å². The fraction of sp³-hybridized carbons (Fsp3) is 0.190. The fourth-order valence-electron chi connectivity index (χ4n) is 3.04. The van der Waals surface area contributed by atoms with Crippen LogP contribution in [0.1, 0.15) is 16.1 Å². The number of benzene rings is 2. The fourth-order valence-corrected chi connectivity index (χ4v) is 3.77. The smallest absolute Gasteiger partial charge is 0.295 e. The summed E-state index contributed by atoms with van der Waals surface area (Å²) in [4.78, 5) is 25.7. The number of rotatable bonds is 5. The molecule has 3 N–H and O–H groups in total. The second kappa shape index (κ2) is 10.4. The molecule has 1 amide bonds. The standard InChI is InChI=1S/C21H19Cl4N5O2S/c1-12-16(18(32)30(29(12)2)15-9-4-3-5-10-15)26-20(33)28-19(21(23,24)25)27-17(31)13-7-6-8-14(22)11-13/h3-11,19H,1-2H3,(H,27,31)(H2,26,28,33)/t19-/m1/s1. The Morgan fingerprint density at radius 1 is 1.06 bits per heavy atom. The summed E-state index contributed by atoms with van der Waals surface area (Å²) in [6.07, 6.45) is -1.21. The summed E-state index contributed by atoms with van der Waals surface area (Å²) in [6, 6.07) is 15.4. The Morgan fingerprint density at radius 3 is 2.33 bits per heavy atom. The zero-order valence-corrected chi connectivity index (χ0v) is 21.2. The highest BCUT2D eigenvalue weighted by Crippen LogP contribution is 2.29. The van der Waals surface area contributed by atoms with Gasteiger partial charge in [-0.1, -0.05) is 70.7 Å². The molecule has 0 saturated heterocycles. The van der Waals surface area contributed by atoms with E-state index in [0.29, 0.717) is 16.4 Å². The van der Waals surface area contributed by atoms with Crippen LogP contribution in [0, 0.1) is 6.92 Å². The van der Waals surface area contributed by atoms with Crippen LogP contribution in [0.15, 0.2) is 59.4 Å². The zero-order chi connectivity index (χ0) is 24.3. The Hall–Kier alpha value is -2.23. The van der Waals surface area contributed by atoms with E-state index in [1.807, 2.05) is 30.3 Å². The number of halogens is 4. The molecule has 3 rings (SSSR count). The summed E-state index contributed by atoms with van der Waals surface area (Å²) in [6.45, 7) is 1.76. The Balaban J connectivity index is 1.80. The maximum absolute atomic E-state index is 13.1. The van der Waals surface area contributed by atoms with Gasteiger partial charge < -0.3 is 16.0 Å². The van der Waals surface area contributed by atoms with Gasteiger partial charge in [-0.15, -0.1) is 0 Å². The third-order valence-electron chi connectivity index (χ3n) is 4.76. The van der Waals surface area contributed by atoms with Crippen molar-refractivity contribution in [2.75, 3.05) is 5.32 Å². The van der Waals surface area contributed by atoms with Crippen molar-refractivity contribution in [3.8, 4) is 5.69 Å². The van der Waals surface area contributed by atoms with Gasteiger partial charge in [0.1, 0.15) is 11.9 Å². The topological polar surface area (TPSA) is 80.1 Å². The first-order valence-electron chi connectivity index (χ1n) is 9.53. The van der Waals surface area contributed by atoms with Crippen LogP contribution in [0.25, 0.3) is 5.69 Å². The third kappa shape index (κ3) is 6.02. The lowest BCUT2D eigenvalue weighted by Gasteiger charge is -2.27. The second-order valence-electron chi connectivity index (χ2n) is 6.99. The highest BCUT2D eigenvalue weighted by molar-refractivity contribution is 7.80. The summed E-state index contributed by atoms with van der Waals surface area (Å²) in [7, 11) is 1.75. The summed E-state index contributed by atoms with van der Waals surface area (Å²) in [5.41, 5.74) is 1.50. The van der Waals surface area contributed by atoms with Crippen LogP contribution in [-0.4, -0.2) is 30.3 Å². The molecule has 33 heavy (non-hydrogen) atoms.